The number of benzene rings is 1. The van der Waals surface area contributed by atoms with E-state index in [-0.39, 0.29) is 17.8 Å². The highest BCUT2D eigenvalue weighted by Gasteiger charge is 2.15. The van der Waals surface area contributed by atoms with Crippen LogP contribution in [-0.4, -0.2) is 15.6 Å². The summed E-state index contributed by atoms with van der Waals surface area (Å²) in [6, 6.07) is 3.09. The zero-order chi connectivity index (χ0) is 13.3. The topological polar surface area (TPSA) is 34.9 Å². The highest BCUT2D eigenvalue weighted by atomic mass is 19.1. The van der Waals surface area contributed by atoms with Gasteiger partial charge in [0.1, 0.15) is 11.6 Å². The molecule has 5 heteroatoms. The summed E-state index contributed by atoms with van der Waals surface area (Å²) in [5, 5.41) is 3.95. The normalized spacial score (nSPS) is 10.7. The summed E-state index contributed by atoms with van der Waals surface area (Å²) in [4.78, 5) is 12.0. The quantitative estimate of drug-likeness (QED) is 0.784. The Kier molecular flexibility index (Phi) is 3.23. The molecular formula is C13H12F2N2O. The lowest BCUT2D eigenvalue weighted by Crippen LogP contribution is -2.07. The van der Waals surface area contributed by atoms with Crippen LogP contribution in [0.1, 0.15) is 21.6 Å². The molecular weight excluding hydrogens is 238 g/mol. The van der Waals surface area contributed by atoms with E-state index in [1.54, 1.807) is 18.7 Å². The molecule has 1 aromatic heterocycles. The predicted octanol–water partition coefficient (Wildman–Crippen LogP) is 2.43. The van der Waals surface area contributed by atoms with Crippen LogP contribution in [0.25, 0.3) is 0 Å². The molecule has 0 radical (unpaired) electrons. The van der Waals surface area contributed by atoms with Crippen LogP contribution in [0.3, 0.4) is 0 Å². The molecule has 0 aliphatic heterocycles. The van der Waals surface area contributed by atoms with Crippen molar-refractivity contribution in [3.63, 3.8) is 0 Å². The van der Waals surface area contributed by atoms with Gasteiger partial charge in [0.25, 0.3) is 0 Å². The molecule has 2 aromatic rings. The molecule has 0 atom stereocenters. The molecule has 0 amide bonds. The Morgan fingerprint density at radius 3 is 2.72 bits per heavy atom. The van der Waals surface area contributed by atoms with E-state index in [4.69, 9.17) is 0 Å². The van der Waals surface area contributed by atoms with Crippen LogP contribution < -0.4 is 0 Å². The van der Waals surface area contributed by atoms with Crippen LogP contribution in [0.4, 0.5) is 8.78 Å². The fourth-order valence-electron chi connectivity index (χ4n) is 1.72. The molecule has 0 fully saturated rings. The SMILES string of the molecule is Cc1c(C(=O)Cc2cc(F)ccc2F)cnn1C. The number of aryl methyl sites for hydroxylation is 1. The highest BCUT2D eigenvalue weighted by Crippen LogP contribution is 2.15. The second-order valence-electron chi connectivity index (χ2n) is 4.10. The number of carbonyl (C=O) groups excluding carboxylic acids is 1. The summed E-state index contributed by atoms with van der Waals surface area (Å²) < 4.78 is 28.0. The minimum atomic E-state index is -0.578. The van der Waals surface area contributed by atoms with Crippen molar-refractivity contribution in [2.75, 3.05) is 0 Å². The lowest BCUT2D eigenvalue weighted by atomic mass is 10.0. The minimum Gasteiger partial charge on any atom is -0.294 e. The molecule has 0 unspecified atom stereocenters. The van der Waals surface area contributed by atoms with Gasteiger partial charge in [-0.3, -0.25) is 9.48 Å². The maximum atomic E-state index is 13.4. The molecule has 0 saturated carbocycles. The Morgan fingerprint density at radius 2 is 2.11 bits per heavy atom. The number of halogens is 2. The van der Waals surface area contributed by atoms with Crippen molar-refractivity contribution in [2.45, 2.75) is 13.3 Å². The zero-order valence-electron chi connectivity index (χ0n) is 10.1. The molecule has 0 aliphatic rings. The molecule has 0 spiro atoms. The molecule has 0 saturated heterocycles. The van der Waals surface area contributed by atoms with Gasteiger partial charge in [-0.15, -0.1) is 0 Å². The van der Waals surface area contributed by atoms with Crippen molar-refractivity contribution in [3.05, 3.63) is 52.9 Å². The van der Waals surface area contributed by atoms with E-state index in [1.165, 1.54) is 6.20 Å². The van der Waals surface area contributed by atoms with Crippen molar-refractivity contribution in [2.24, 2.45) is 7.05 Å². The average molecular weight is 250 g/mol. The maximum absolute atomic E-state index is 13.4. The van der Waals surface area contributed by atoms with Crippen LogP contribution in [0.5, 0.6) is 0 Å². The van der Waals surface area contributed by atoms with E-state index >= 15 is 0 Å². The largest absolute Gasteiger partial charge is 0.294 e. The molecule has 0 N–H and O–H groups in total. The second-order valence-corrected chi connectivity index (χ2v) is 4.10. The predicted molar refractivity (Wildman–Crippen MR) is 62.3 cm³/mol. The third-order valence-corrected chi connectivity index (χ3v) is 2.89. The average Bonchev–Trinajstić information content (AvgIpc) is 2.65. The summed E-state index contributed by atoms with van der Waals surface area (Å²) in [6.45, 7) is 1.75. The summed E-state index contributed by atoms with van der Waals surface area (Å²) in [5.41, 5.74) is 1.20. The van der Waals surface area contributed by atoms with Crippen LogP contribution >= 0.6 is 0 Å². The first-order valence-electron chi connectivity index (χ1n) is 5.44. The van der Waals surface area contributed by atoms with Crippen LogP contribution in [0.2, 0.25) is 0 Å². The van der Waals surface area contributed by atoms with Crippen molar-refractivity contribution in [1.82, 2.24) is 9.78 Å². The number of hydrogen-bond donors (Lipinski definition) is 0. The van der Waals surface area contributed by atoms with Gasteiger partial charge in [-0.2, -0.15) is 5.10 Å². The zero-order valence-corrected chi connectivity index (χ0v) is 10.1. The molecule has 0 aliphatic carbocycles. The number of rotatable bonds is 3. The monoisotopic (exact) mass is 250 g/mol. The molecule has 94 valence electrons. The Balaban J connectivity index is 2.27. The lowest BCUT2D eigenvalue weighted by molar-refractivity contribution is 0.0991. The van der Waals surface area contributed by atoms with E-state index in [0.717, 1.165) is 18.2 Å². The number of Topliss-reactive ketones (excluding diaryl/α,β-unsaturated/α-hetero) is 1. The van der Waals surface area contributed by atoms with Crippen LogP contribution in [-0.2, 0) is 13.5 Å². The first-order valence-corrected chi connectivity index (χ1v) is 5.44. The number of nitrogens with zero attached hydrogens (tertiary/aromatic N) is 2. The van der Waals surface area contributed by atoms with Gasteiger partial charge in [0, 0.05) is 19.2 Å². The summed E-state index contributed by atoms with van der Waals surface area (Å²) in [5.74, 6) is -1.40. The van der Waals surface area contributed by atoms with Gasteiger partial charge in [-0.05, 0) is 30.7 Å². The maximum Gasteiger partial charge on any atom is 0.170 e. The number of hydrogen-bond acceptors (Lipinski definition) is 2. The first-order chi connectivity index (χ1) is 8.49. The van der Waals surface area contributed by atoms with Crippen LogP contribution in [0, 0.1) is 18.6 Å². The molecule has 1 aromatic carbocycles. The van der Waals surface area contributed by atoms with E-state index in [2.05, 4.69) is 5.10 Å². The van der Waals surface area contributed by atoms with Gasteiger partial charge in [0.15, 0.2) is 5.78 Å². The Hall–Kier alpha value is -2.04. The Bertz CT molecular complexity index is 605. The van der Waals surface area contributed by atoms with Gasteiger partial charge in [-0.25, -0.2) is 8.78 Å². The third kappa shape index (κ3) is 2.30. The van der Waals surface area contributed by atoms with Gasteiger partial charge >= 0.3 is 0 Å². The van der Waals surface area contributed by atoms with Gasteiger partial charge < -0.3 is 0 Å². The second kappa shape index (κ2) is 4.68. The Morgan fingerprint density at radius 1 is 1.39 bits per heavy atom. The molecule has 18 heavy (non-hydrogen) atoms. The minimum absolute atomic E-state index is 0.0586. The lowest BCUT2D eigenvalue weighted by Gasteiger charge is -2.03. The Labute approximate surface area is 103 Å². The van der Waals surface area contributed by atoms with E-state index in [1.807, 2.05) is 0 Å². The van der Waals surface area contributed by atoms with E-state index in [9.17, 15) is 13.6 Å². The summed E-state index contributed by atoms with van der Waals surface area (Å²) in [7, 11) is 1.72. The molecule has 1 heterocycles. The molecule has 3 nitrogen and oxygen atoms in total. The number of aromatic nitrogens is 2. The van der Waals surface area contributed by atoms with Crippen molar-refractivity contribution in [3.8, 4) is 0 Å². The van der Waals surface area contributed by atoms with Gasteiger partial charge in [0.05, 0.1) is 11.8 Å². The van der Waals surface area contributed by atoms with E-state index in [0.29, 0.717) is 11.3 Å². The fourth-order valence-corrected chi connectivity index (χ4v) is 1.72. The summed E-state index contributed by atoms with van der Waals surface area (Å²) >= 11 is 0. The van der Waals surface area contributed by atoms with Gasteiger partial charge in [-0.1, -0.05) is 0 Å². The number of carbonyl (C=O) groups is 1. The third-order valence-electron chi connectivity index (χ3n) is 2.89. The number of ketones is 1. The van der Waals surface area contributed by atoms with Crippen molar-refractivity contribution >= 4 is 5.78 Å². The van der Waals surface area contributed by atoms with E-state index < -0.39 is 11.6 Å². The summed E-state index contributed by atoms with van der Waals surface area (Å²) in [6.07, 6.45) is 1.27. The fraction of sp³-hybridized carbons (Fsp3) is 0.231. The van der Waals surface area contributed by atoms with Crippen molar-refractivity contribution in [1.29, 1.82) is 0 Å². The van der Waals surface area contributed by atoms with Crippen LogP contribution in [0.15, 0.2) is 24.4 Å². The van der Waals surface area contributed by atoms with Gasteiger partial charge in [0.2, 0.25) is 0 Å². The smallest absolute Gasteiger partial charge is 0.170 e. The first kappa shape index (κ1) is 12.4. The standard InChI is InChI=1S/C13H12F2N2O/c1-8-11(7-16-17(8)2)13(18)6-9-5-10(14)3-4-12(9)15/h3-5,7H,6H2,1-2H3. The highest BCUT2D eigenvalue weighted by molar-refractivity contribution is 5.98. The molecule has 2 rings (SSSR count). The van der Waals surface area contributed by atoms with Crippen molar-refractivity contribution < 1.29 is 13.6 Å². The molecule has 0 bridgehead atoms.